The van der Waals surface area contributed by atoms with Gasteiger partial charge in [0.15, 0.2) is 5.78 Å². The number of aromatic nitrogens is 2. The summed E-state index contributed by atoms with van der Waals surface area (Å²) in [6.07, 6.45) is 5.64. The molecule has 0 aliphatic heterocycles. The number of rotatable bonds is 6. The van der Waals surface area contributed by atoms with Crippen LogP contribution in [0.25, 0.3) is 10.9 Å². The van der Waals surface area contributed by atoms with Gasteiger partial charge in [-0.05, 0) is 73.8 Å². The van der Waals surface area contributed by atoms with Crippen molar-refractivity contribution in [2.24, 2.45) is 17.3 Å². The lowest BCUT2D eigenvalue weighted by molar-refractivity contribution is -0.157. The molecular weight excluding hydrogens is 492 g/mol. The van der Waals surface area contributed by atoms with Gasteiger partial charge in [0.05, 0.1) is 23.7 Å². The summed E-state index contributed by atoms with van der Waals surface area (Å²) in [5, 5.41) is 15.1. The highest BCUT2D eigenvalue weighted by molar-refractivity contribution is 9.10. The molecule has 0 bridgehead atoms. The van der Waals surface area contributed by atoms with Crippen molar-refractivity contribution < 1.29 is 14.7 Å². The quantitative estimate of drug-likeness (QED) is 0.379. The molecule has 2 saturated carbocycles. The van der Waals surface area contributed by atoms with Crippen molar-refractivity contribution in [1.29, 1.82) is 0 Å². The van der Waals surface area contributed by atoms with Crippen molar-refractivity contribution in [3.8, 4) is 0 Å². The number of hydrogen-bond acceptors (Lipinski definition) is 3. The second kappa shape index (κ2) is 7.99. The number of halogens is 2. The van der Waals surface area contributed by atoms with E-state index in [1.807, 2.05) is 22.9 Å². The summed E-state index contributed by atoms with van der Waals surface area (Å²) >= 11 is 9.82. The fourth-order valence-electron chi connectivity index (χ4n) is 5.72. The number of fused-ring (bicyclic) bond motifs is 1. The lowest BCUT2D eigenvalue weighted by atomic mass is 9.47. The molecular formula is C25H24BrClN2O3. The van der Waals surface area contributed by atoms with Gasteiger partial charge in [0, 0.05) is 26.9 Å². The highest BCUT2D eigenvalue weighted by Gasteiger charge is 2.54. The molecule has 32 heavy (non-hydrogen) atoms. The minimum absolute atomic E-state index is 0.0387. The third kappa shape index (κ3) is 3.77. The molecule has 7 heteroatoms. The van der Waals surface area contributed by atoms with E-state index < -0.39 is 5.97 Å². The molecule has 5 nitrogen and oxygen atoms in total. The van der Waals surface area contributed by atoms with E-state index in [-0.39, 0.29) is 23.2 Å². The van der Waals surface area contributed by atoms with Crippen LogP contribution < -0.4 is 0 Å². The smallest absolute Gasteiger partial charge is 0.306 e. The zero-order valence-corrected chi connectivity index (χ0v) is 20.1. The van der Waals surface area contributed by atoms with Crippen LogP contribution in [-0.4, -0.2) is 26.6 Å². The van der Waals surface area contributed by atoms with Crippen LogP contribution in [-0.2, 0) is 4.79 Å². The average molecular weight is 516 g/mol. The van der Waals surface area contributed by atoms with Gasteiger partial charge in [0.1, 0.15) is 0 Å². The van der Waals surface area contributed by atoms with Crippen molar-refractivity contribution in [2.75, 3.05) is 0 Å². The Bertz CT molecular complexity index is 1210. The summed E-state index contributed by atoms with van der Waals surface area (Å²) in [6.45, 7) is 2.07. The Hall–Kier alpha value is -2.18. The van der Waals surface area contributed by atoms with E-state index in [0.717, 1.165) is 46.6 Å². The Labute approximate surface area is 199 Å². The maximum absolute atomic E-state index is 13.4. The molecule has 1 heterocycles. The van der Waals surface area contributed by atoms with Crippen molar-refractivity contribution in [3.05, 3.63) is 63.2 Å². The van der Waals surface area contributed by atoms with E-state index in [4.69, 9.17) is 16.7 Å². The van der Waals surface area contributed by atoms with Crippen molar-refractivity contribution >= 4 is 50.2 Å². The van der Waals surface area contributed by atoms with Crippen LogP contribution in [0.15, 0.2) is 47.1 Å². The minimum atomic E-state index is -0.690. The molecule has 166 valence electrons. The van der Waals surface area contributed by atoms with E-state index in [1.54, 1.807) is 12.3 Å². The van der Waals surface area contributed by atoms with Gasteiger partial charge in [0.2, 0.25) is 0 Å². The molecule has 2 aliphatic rings. The fourth-order valence-corrected chi connectivity index (χ4v) is 6.21. The molecule has 1 N–H and O–H groups in total. The predicted molar refractivity (Wildman–Crippen MR) is 127 cm³/mol. The van der Waals surface area contributed by atoms with Gasteiger partial charge in [0.25, 0.3) is 0 Å². The number of nitrogens with zero attached hydrogens (tertiary/aromatic N) is 2. The Kier molecular flexibility index (Phi) is 5.41. The van der Waals surface area contributed by atoms with E-state index in [0.29, 0.717) is 22.9 Å². The van der Waals surface area contributed by atoms with Crippen LogP contribution in [0, 0.1) is 17.3 Å². The van der Waals surface area contributed by atoms with Crippen molar-refractivity contribution in [2.45, 2.75) is 45.1 Å². The molecule has 1 atom stereocenters. The van der Waals surface area contributed by atoms with Crippen LogP contribution in [0.3, 0.4) is 0 Å². The maximum atomic E-state index is 13.4. The number of aliphatic carboxylic acids is 1. The molecule has 1 unspecified atom stereocenters. The molecule has 2 fully saturated rings. The number of carboxylic acid groups (broad SMARTS) is 1. The largest absolute Gasteiger partial charge is 0.481 e. The van der Waals surface area contributed by atoms with Gasteiger partial charge in [-0.25, -0.2) is 0 Å². The molecule has 5 rings (SSSR count). The second-order valence-corrected chi connectivity index (χ2v) is 10.9. The molecule has 2 aromatic carbocycles. The highest BCUT2D eigenvalue weighted by Crippen LogP contribution is 2.62. The van der Waals surface area contributed by atoms with Gasteiger partial charge in [-0.15, -0.1) is 0 Å². The van der Waals surface area contributed by atoms with E-state index in [1.165, 1.54) is 0 Å². The normalized spacial score (nSPS) is 25.3. The summed E-state index contributed by atoms with van der Waals surface area (Å²) in [5.74, 6) is -0.499. The number of Topliss-reactive ketones (excluding diaryl/α,β-unsaturated/α-hetero) is 1. The molecule has 0 saturated heterocycles. The predicted octanol–water partition coefficient (Wildman–Crippen LogP) is 6.53. The number of benzene rings is 2. The zero-order valence-electron chi connectivity index (χ0n) is 17.7. The monoisotopic (exact) mass is 514 g/mol. The summed E-state index contributed by atoms with van der Waals surface area (Å²) in [5.41, 5.74) is 2.70. The highest BCUT2D eigenvalue weighted by atomic mass is 79.9. The third-order valence-corrected chi connectivity index (χ3v) is 8.05. The van der Waals surface area contributed by atoms with E-state index in [9.17, 15) is 9.59 Å². The lowest BCUT2D eigenvalue weighted by Crippen LogP contribution is -2.50. The first-order valence-electron chi connectivity index (χ1n) is 10.9. The molecule has 2 aliphatic carbocycles. The number of carboxylic acids is 1. The van der Waals surface area contributed by atoms with Gasteiger partial charge in [-0.3, -0.25) is 14.3 Å². The topological polar surface area (TPSA) is 72.2 Å². The first-order valence-corrected chi connectivity index (χ1v) is 12.1. The number of carbonyl (C=O) groups excluding carboxylic acids is 1. The summed E-state index contributed by atoms with van der Waals surface area (Å²) < 4.78 is 2.93. The molecule has 0 amide bonds. The number of carbonyl (C=O) groups is 2. The second-order valence-electron chi connectivity index (χ2n) is 9.55. The zero-order chi connectivity index (χ0) is 22.6. The van der Waals surface area contributed by atoms with Crippen LogP contribution >= 0.6 is 27.5 Å². The fraction of sp³-hybridized carbons (Fsp3) is 0.400. The van der Waals surface area contributed by atoms with Gasteiger partial charge < -0.3 is 5.11 Å². The average Bonchev–Trinajstić information content (AvgIpc) is 3.11. The lowest BCUT2D eigenvalue weighted by Gasteiger charge is -2.56. The van der Waals surface area contributed by atoms with E-state index in [2.05, 4.69) is 40.1 Å². The molecule has 1 spiro atoms. The van der Waals surface area contributed by atoms with Crippen LogP contribution in [0.4, 0.5) is 0 Å². The minimum Gasteiger partial charge on any atom is -0.481 e. The van der Waals surface area contributed by atoms with E-state index >= 15 is 0 Å². The summed E-state index contributed by atoms with van der Waals surface area (Å²) in [6, 6.07) is 11.7. The van der Waals surface area contributed by atoms with Crippen molar-refractivity contribution in [1.82, 2.24) is 9.78 Å². The molecule has 0 radical (unpaired) electrons. The first kappa shape index (κ1) is 21.7. The third-order valence-electron chi connectivity index (χ3n) is 7.30. The van der Waals surface area contributed by atoms with Crippen LogP contribution in [0.2, 0.25) is 5.02 Å². The standard InChI is InChI=1S/C25H24BrClN2O3/c1-14(16-2-4-19(26)5-3-16)29-23-17(13-28-29)7-20(27)8-21(23)22(30)6-15-9-25(10-15)11-18(12-25)24(31)32/h2-5,7-8,13-15,18H,6,9-12H2,1H3,(H,31,32). The Morgan fingerprint density at radius 1 is 1.22 bits per heavy atom. The van der Waals surface area contributed by atoms with Gasteiger partial charge >= 0.3 is 5.97 Å². The summed E-state index contributed by atoms with van der Waals surface area (Å²) in [4.78, 5) is 24.5. The maximum Gasteiger partial charge on any atom is 0.306 e. The van der Waals surface area contributed by atoms with Crippen LogP contribution in [0.1, 0.15) is 61.0 Å². The Balaban J connectivity index is 1.38. The van der Waals surface area contributed by atoms with Crippen LogP contribution in [0.5, 0.6) is 0 Å². The Morgan fingerprint density at radius 3 is 2.56 bits per heavy atom. The van der Waals surface area contributed by atoms with Gasteiger partial charge in [-0.2, -0.15) is 5.10 Å². The molecule has 1 aromatic heterocycles. The van der Waals surface area contributed by atoms with Crippen molar-refractivity contribution in [3.63, 3.8) is 0 Å². The molecule has 3 aromatic rings. The van der Waals surface area contributed by atoms with Gasteiger partial charge in [-0.1, -0.05) is 39.7 Å². The summed E-state index contributed by atoms with van der Waals surface area (Å²) in [7, 11) is 0. The SMILES string of the molecule is CC(c1ccc(Br)cc1)n1ncc2cc(Cl)cc(C(=O)CC3CC4(C3)CC(C(=O)O)C4)c21. The first-order chi connectivity index (χ1) is 15.2. The number of hydrogen-bond donors (Lipinski definition) is 1. The Morgan fingerprint density at radius 2 is 1.91 bits per heavy atom. The number of ketones is 1.